The van der Waals surface area contributed by atoms with Crippen molar-refractivity contribution < 1.29 is 19.4 Å². The van der Waals surface area contributed by atoms with Crippen LogP contribution in [0.1, 0.15) is 51.9 Å². The van der Waals surface area contributed by atoms with Gasteiger partial charge in [-0.2, -0.15) is 0 Å². The van der Waals surface area contributed by atoms with E-state index in [2.05, 4.69) is 79.5 Å². The minimum atomic E-state index is -0.555. The number of rotatable bonds is 10. The van der Waals surface area contributed by atoms with Crippen molar-refractivity contribution in [2.75, 3.05) is 37.6 Å². The predicted molar refractivity (Wildman–Crippen MR) is 191 cm³/mol. The Labute approximate surface area is 292 Å². The molecule has 256 valence electrons. The van der Waals surface area contributed by atoms with Crippen LogP contribution in [-0.4, -0.2) is 69.7 Å². The Morgan fingerprint density at radius 2 is 1.58 bits per heavy atom. The van der Waals surface area contributed by atoms with E-state index < -0.39 is 6.29 Å². The number of nitrogens with one attached hydrogen (secondary N) is 1. The number of carbonyl (C=O) groups is 1. The van der Waals surface area contributed by atoms with E-state index in [1.807, 2.05) is 36.4 Å². The minimum Gasteiger partial charge on any atom is -0.392 e. The molecule has 7 rings (SSSR count). The second-order valence-electron chi connectivity index (χ2n) is 12.9. The van der Waals surface area contributed by atoms with Crippen molar-refractivity contribution in [1.29, 1.82) is 0 Å². The molecule has 2 fully saturated rings. The molecule has 10 heteroatoms. The van der Waals surface area contributed by atoms with E-state index in [9.17, 15) is 9.90 Å². The van der Waals surface area contributed by atoms with Crippen LogP contribution >= 0.6 is 0 Å². The molecule has 10 nitrogen and oxygen atoms in total. The van der Waals surface area contributed by atoms with E-state index in [1.54, 1.807) is 36.9 Å². The van der Waals surface area contributed by atoms with E-state index >= 15 is 0 Å². The maximum Gasteiger partial charge on any atom is 0.253 e. The molecule has 2 saturated heterocycles. The standard InChI is InChI=1S/C40H42N6O4/c1-28-36(26-45-20-22-46(23-21-45)40-42-18-5-19-43-40)49-39(50-37(28)31-11-9-29(27-47)10-12-31)32-15-13-30(14-16-32)35-8-3-2-6-33(35)25-44-38(48)34-7-4-17-41-24-34/h2-19,24,28,36-37,39,47H,20-23,25-27H2,1H3,(H,44,48)/t28-,36+,37+,39+/m1/s1. The zero-order valence-corrected chi connectivity index (χ0v) is 28.1. The van der Waals surface area contributed by atoms with Crippen molar-refractivity contribution in [3.63, 3.8) is 0 Å². The molecule has 0 radical (unpaired) electrons. The molecule has 5 aromatic rings. The van der Waals surface area contributed by atoms with Gasteiger partial charge in [0.15, 0.2) is 6.29 Å². The van der Waals surface area contributed by atoms with Gasteiger partial charge in [0.2, 0.25) is 5.95 Å². The van der Waals surface area contributed by atoms with E-state index in [-0.39, 0.29) is 30.6 Å². The molecule has 2 aliphatic rings. The summed E-state index contributed by atoms with van der Waals surface area (Å²) in [5.41, 5.74) is 6.51. The molecule has 0 unspecified atom stereocenters. The average molecular weight is 671 g/mol. The van der Waals surface area contributed by atoms with Crippen molar-refractivity contribution in [3.8, 4) is 11.1 Å². The van der Waals surface area contributed by atoms with Crippen molar-refractivity contribution in [3.05, 3.63) is 144 Å². The number of aliphatic hydroxyl groups is 1. The van der Waals surface area contributed by atoms with Gasteiger partial charge in [-0.15, -0.1) is 0 Å². The molecule has 0 spiro atoms. The number of benzene rings is 3. The van der Waals surface area contributed by atoms with Gasteiger partial charge in [0.05, 0.1) is 24.4 Å². The summed E-state index contributed by atoms with van der Waals surface area (Å²) in [6, 6.07) is 29.8. The number of ether oxygens (including phenoxy) is 2. The lowest BCUT2D eigenvalue weighted by Crippen LogP contribution is -2.51. The largest absolute Gasteiger partial charge is 0.392 e. The fraction of sp³-hybridized carbons (Fsp3) is 0.300. The van der Waals surface area contributed by atoms with Crippen LogP contribution in [0.2, 0.25) is 0 Å². The Morgan fingerprint density at radius 3 is 2.30 bits per heavy atom. The van der Waals surface area contributed by atoms with Crippen LogP contribution in [0, 0.1) is 5.92 Å². The molecule has 0 bridgehead atoms. The van der Waals surface area contributed by atoms with Gasteiger partial charge in [-0.25, -0.2) is 9.97 Å². The van der Waals surface area contributed by atoms with Gasteiger partial charge in [-0.05, 0) is 46.0 Å². The third kappa shape index (κ3) is 7.74. The summed E-state index contributed by atoms with van der Waals surface area (Å²) in [4.78, 5) is 30.3. The Morgan fingerprint density at radius 1 is 0.840 bits per heavy atom. The summed E-state index contributed by atoms with van der Waals surface area (Å²) in [7, 11) is 0. The van der Waals surface area contributed by atoms with E-state index in [1.165, 1.54) is 0 Å². The zero-order valence-electron chi connectivity index (χ0n) is 28.1. The van der Waals surface area contributed by atoms with Gasteiger partial charge in [0.25, 0.3) is 5.91 Å². The summed E-state index contributed by atoms with van der Waals surface area (Å²) < 4.78 is 13.5. The predicted octanol–water partition coefficient (Wildman–Crippen LogP) is 5.57. The smallest absolute Gasteiger partial charge is 0.253 e. The average Bonchev–Trinajstić information content (AvgIpc) is 3.19. The Kier molecular flexibility index (Phi) is 10.5. The van der Waals surface area contributed by atoms with Crippen molar-refractivity contribution >= 4 is 11.9 Å². The molecule has 1 amide bonds. The quantitative estimate of drug-likeness (QED) is 0.197. The zero-order chi connectivity index (χ0) is 34.3. The van der Waals surface area contributed by atoms with Gasteiger partial charge >= 0.3 is 0 Å². The first-order valence-electron chi connectivity index (χ1n) is 17.2. The molecule has 0 saturated carbocycles. The maximum absolute atomic E-state index is 12.7. The number of carbonyl (C=O) groups excluding carboxylic acids is 1. The number of pyridine rings is 1. The first-order valence-corrected chi connectivity index (χ1v) is 17.2. The first-order chi connectivity index (χ1) is 24.6. The second-order valence-corrected chi connectivity index (χ2v) is 12.9. The van der Waals surface area contributed by atoms with Crippen LogP contribution in [0.3, 0.4) is 0 Å². The minimum absolute atomic E-state index is 0.00205. The Bertz CT molecular complexity index is 1830. The van der Waals surface area contributed by atoms with Crippen LogP contribution in [0.25, 0.3) is 11.1 Å². The molecule has 2 N–H and O–H groups in total. The molecule has 0 aliphatic carbocycles. The second kappa shape index (κ2) is 15.7. The van der Waals surface area contributed by atoms with E-state index in [0.29, 0.717) is 12.1 Å². The molecule has 3 aromatic carbocycles. The lowest BCUT2D eigenvalue weighted by molar-refractivity contribution is -0.276. The molecule has 2 aliphatic heterocycles. The van der Waals surface area contributed by atoms with Crippen LogP contribution in [-0.2, 0) is 22.6 Å². The fourth-order valence-corrected chi connectivity index (χ4v) is 6.72. The number of nitrogens with zero attached hydrogens (tertiary/aromatic N) is 5. The van der Waals surface area contributed by atoms with Crippen molar-refractivity contribution in [2.24, 2.45) is 5.92 Å². The highest BCUT2D eigenvalue weighted by Crippen LogP contribution is 2.42. The van der Waals surface area contributed by atoms with Crippen molar-refractivity contribution in [1.82, 2.24) is 25.2 Å². The number of piperazine rings is 1. The van der Waals surface area contributed by atoms with Crippen LogP contribution in [0.15, 0.2) is 116 Å². The van der Waals surface area contributed by atoms with Crippen LogP contribution in [0.4, 0.5) is 5.95 Å². The third-order valence-corrected chi connectivity index (χ3v) is 9.64. The highest BCUT2D eigenvalue weighted by molar-refractivity contribution is 5.93. The topological polar surface area (TPSA) is 113 Å². The van der Waals surface area contributed by atoms with Crippen LogP contribution < -0.4 is 10.2 Å². The van der Waals surface area contributed by atoms with Gasteiger partial charge < -0.3 is 24.8 Å². The summed E-state index contributed by atoms with van der Waals surface area (Å²) in [5.74, 6) is 0.705. The number of anilines is 1. The molecule has 2 aromatic heterocycles. The lowest BCUT2D eigenvalue weighted by Gasteiger charge is -2.44. The first kappa shape index (κ1) is 33.5. The summed E-state index contributed by atoms with van der Waals surface area (Å²) in [5, 5.41) is 12.7. The maximum atomic E-state index is 12.7. The fourth-order valence-electron chi connectivity index (χ4n) is 6.72. The van der Waals surface area contributed by atoms with Gasteiger partial charge in [-0.1, -0.05) is 79.7 Å². The molecule has 4 atom stereocenters. The lowest BCUT2D eigenvalue weighted by atomic mass is 9.89. The highest BCUT2D eigenvalue weighted by Gasteiger charge is 2.39. The number of hydrogen-bond donors (Lipinski definition) is 2. The number of aliphatic hydroxyl groups excluding tert-OH is 1. The van der Waals surface area contributed by atoms with Gasteiger partial charge in [0.1, 0.15) is 0 Å². The summed E-state index contributed by atoms with van der Waals surface area (Å²) in [6.07, 6.45) is 5.98. The summed E-state index contributed by atoms with van der Waals surface area (Å²) in [6.45, 7) is 6.87. The van der Waals surface area contributed by atoms with Crippen LogP contribution in [0.5, 0.6) is 0 Å². The van der Waals surface area contributed by atoms with E-state index in [0.717, 1.165) is 72.1 Å². The Balaban J connectivity index is 1.07. The Hall–Kier alpha value is -5.00. The number of aromatic nitrogens is 3. The SMILES string of the molecule is C[C@@H]1[C@H](CN2CCN(c3ncccn3)CC2)O[C@H](c2ccc(-c3ccccc3CNC(=O)c3cccnc3)cc2)O[C@@H]1c1ccc(CO)cc1. The monoisotopic (exact) mass is 670 g/mol. The van der Waals surface area contributed by atoms with Gasteiger partial charge in [0, 0.05) is 75.5 Å². The summed E-state index contributed by atoms with van der Waals surface area (Å²) >= 11 is 0. The highest BCUT2D eigenvalue weighted by atomic mass is 16.7. The molecule has 50 heavy (non-hydrogen) atoms. The van der Waals surface area contributed by atoms with Gasteiger partial charge in [-0.3, -0.25) is 14.7 Å². The molecular weight excluding hydrogens is 628 g/mol. The molecular formula is C40H42N6O4. The van der Waals surface area contributed by atoms with E-state index in [4.69, 9.17) is 9.47 Å². The molecule has 4 heterocycles. The normalized spacial score (nSPS) is 21.1. The third-order valence-electron chi connectivity index (χ3n) is 9.64. The van der Waals surface area contributed by atoms with Crippen molar-refractivity contribution in [2.45, 2.75) is 38.6 Å². The number of amides is 1. The number of hydrogen-bond acceptors (Lipinski definition) is 9.